The molecule has 0 aliphatic carbocycles. The zero-order valence-corrected chi connectivity index (χ0v) is 15.2. The molecule has 0 saturated carbocycles. The Kier molecular flexibility index (Phi) is 7.12. The molecular formula is C19H17Cl2NO3. The van der Waals surface area contributed by atoms with E-state index < -0.39 is 5.97 Å². The Morgan fingerprint density at radius 3 is 2.80 bits per heavy atom. The Morgan fingerprint density at radius 2 is 2.08 bits per heavy atom. The quantitative estimate of drug-likeness (QED) is 0.261. The van der Waals surface area contributed by atoms with Crippen molar-refractivity contribution in [3.8, 4) is 17.4 Å². The molecule has 25 heavy (non-hydrogen) atoms. The number of nitriles is 1. The van der Waals surface area contributed by atoms with Gasteiger partial charge in [0, 0.05) is 16.7 Å². The maximum absolute atomic E-state index is 11.9. The third-order valence-corrected chi connectivity index (χ3v) is 3.99. The molecule has 130 valence electrons. The molecule has 1 aromatic carbocycles. The Balaban J connectivity index is 2.14. The van der Waals surface area contributed by atoms with Gasteiger partial charge in [-0.25, -0.2) is 4.79 Å². The first-order valence-electron chi connectivity index (χ1n) is 7.89. The van der Waals surface area contributed by atoms with Crippen molar-refractivity contribution < 1.29 is 13.9 Å². The first-order chi connectivity index (χ1) is 12.0. The molecule has 0 spiro atoms. The van der Waals surface area contributed by atoms with Gasteiger partial charge in [0.05, 0.1) is 11.6 Å². The standard InChI is InChI=1S/C19H17Cl2NO3/c1-2-3-4-9-24-19(23)13(12-22)10-15-6-8-18(25-15)16-11-14(20)5-7-17(16)21/h5-8,10-11H,2-4,9H2,1H3. The molecule has 0 amide bonds. The van der Waals surface area contributed by atoms with Crippen LogP contribution in [0.15, 0.2) is 40.3 Å². The van der Waals surface area contributed by atoms with Crippen molar-refractivity contribution in [2.75, 3.05) is 6.61 Å². The second kappa shape index (κ2) is 9.31. The number of esters is 1. The number of nitrogens with zero attached hydrogens (tertiary/aromatic N) is 1. The summed E-state index contributed by atoms with van der Waals surface area (Å²) < 4.78 is 10.7. The monoisotopic (exact) mass is 377 g/mol. The van der Waals surface area contributed by atoms with Crippen LogP contribution < -0.4 is 0 Å². The van der Waals surface area contributed by atoms with E-state index in [1.807, 2.05) is 6.07 Å². The highest BCUT2D eigenvalue weighted by atomic mass is 35.5. The summed E-state index contributed by atoms with van der Waals surface area (Å²) in [5.41, 5.74) is 0.518. The van der Waals surface area contributed by atoms with Crippen molar-refractivity contribution in [2.24, 2.45) is 0 Å². The number of benzene rings is 1. The van der Waals surface area contributed by atoms with Crippen LogP contribution in [0.3, 0.4) is 0 Å². The van der Waals surface area contributed by atoms with Gasteiger partial charge in [-0.05, 0) is 36.8 Å². The first kappa shape index (κ1) is 19.1. The van der Waals surface area contributed by atoms with Crippen LogP contribution >= 0.6 is 23.2 Å². The number of rotatable bonds is 7. The van der Waals surface area contributed by atoms with Gasteiger partial charge in [-0.3, -0.25) is 0 Å². The minimum atomic E-state index is -0.655. The van der Waals surface area contributed by atoms with Crippen LogP contribution in [0.4, 0.5) is 0 Å². The SMILES string of the molecule is CCCCCOC(=O)C(C#N)=Cc1ccc(-c2cc(Cl)ccc2Cl)o1. The molecule has 4 nitrogen and oxygen atoms in total. The molecule has 0 aliphatic heterocycles. The maximum atomic E-state index is 11.9. The Hall–Kier alpha value is -2.22. The van der Waals surface area contributed by atoms with Crippen molar-refractivity contribution in [3.63, 3.8) is 0 Å². The molecule has 2 aromatic rings. The molecule has 0 unspecified atom stereocenters. The highest BCUT2D eigenvalue weighted by Crippen LogP contribution is 2.32. The highest BCUT2D eigenvalue weighted by molar-refractivity contribution is 6.35. The maximum Gasteiger partial charge on any atom is 0.349 e. The summed E-state index contributed by atoms with van der Waals surface area (Å²) in [6.45, 7) is 2.36. The first-order valence-corrected chi connectivity index (χ1v) is 8.65. The lowest BCUT2D eigenvalue weighted by molar-refractivity contribution is -0.138. The molecule has 0 radical (unpaired) electrons. The van der Waals surface area contributed by atoms with Gasteiger partial charge in [-0.15, -0.1) is 0 Å². The van der Waals surface area contributed by atoms with Crippen molar-refractivity contribution in [2.45, 2.75) is 26.2 Å². The topological polar surface area (TPSA) is 63.2 Å². The smallest absolute Gasteiger partial charge is 0.349 e. The van der Waals surface area contributed by atoms with Crippen molar-refractivity contribution in [1.82, 2.24) is 0 Å². The summed E-state index contributed by atoms with van der Waals surface area (Å²) in [7, 11) is 0. The third-order valence-electron chi connectivity index (χ3n) is 3.43. The predicted octanol–water partition coefficient (Wildman–Crippen LogP) is 5.89. The number of carbonyl (C=O) groups is 1. The molecule has 2 rings (SSSR count). The third kappa shape index (κ3) is 5.38. The van der Waals surface area contributed by atoms with Gasteiger partial charge in [-0.1, -0.05) is 43.0 Å². The average Bonchev–Trinajstić information content (AvgIpc) is 3.07. The Morgan fingerprint density at radius 1 is 1.28 bits per heavy atom. The Bertz CT molecular complexity index is 818. The Labute approximate surface area is 156 Å². The van der Waals surface area contributed by atoms with E-state index in [2.05, 4.69) is 6.92 Å². The van der Waals surface area contributed by atoms with Crippen LogP contribution in [-0.4, -0.2) is 12.6 Å². The summed E-state index contributed by atoms with van der Waals surface area (Å²) >= 11 is 12.1. The number of unbranched alkanes of at least 4 members (excludes halogenated alkanes) is 2. The minimum absolute atomic E-state index is 0.116. The van der Waals surface area contributed by atoms with E-state index >= 15 is 0 Å². The van der Waals surface area contributed by atoms with Crippen molar-refractivity contribution >= 4 is 35.2 Å². The second-order valence-electron chi connectivity index (χ2n) is 5.34. The number of hydrogen-bond donors (Lipinski definition) is 0. The fourth-order valence-corrected chi connectivity index (χ4v) is 2.52. The van der Waals surface area contributed by atoms with E-state index in [4.69, 9.17) is 37.6 Å². The normalized spacial score (nSPS) is 11.2. The summed E-state index contributed by atoms with van der Waals surface area (Å²) in [5.74, 6) is 0.192. The second-order valence-corrected chi connectivity index (χ2v) is 6.18. The fraction of sp³-hybridized carbons (Fsp3) is 0.263. The average molecular weight is 378 g/mol. The van der Waals surface area contributed by atoms with E-state index in [-0.39, 0.29) is 5.57 Å². The highest BCUT2D eigenvalue weighted by Gasteiger charge is 2.13. The lowest BCUT2D eigenvalue weighted by Gasteiger charge is -2.03. The molecule has 0 N–H and O–H groups in total. The number of furan rings is 1. The molecule has 1 heterocycles. The van der Waals surface area contributed by atoms with Gasteiger partial charge in [0.15, 0.2) is 0 Å². The molecule has 0 bridgehead atoms. The molecule has 0 aliphatic rings. The summed E-state index contributed by atoms with van der Waals surface area (Å²) in [4.78, 5) is 11.9. The van der Waals surface area contributed by atoms with Gasteiger partial charge in [-0.2, -0.15) is 5.26 Å². The number of hydrogen-bond acceptors (Lipinski definition) is 4. The lowest BCUT2D eigenvalue weighted by atomic mass is 10.2. The van der Waals surface area contributed by atoms with Crippen LogP contribution in [-0.2, 0) is 9.53 Å². The molecule has 0 atom stereocenters. The van der Waals surface area contributed by atoms with Crippen LogP contribution in [0.5, 0.6) is 0 Å². The zero-order chi connectivity index (χ0) is 18.2. The molecule has 0 fully saturated rings. The van der Waals surface area contributed by atoms with E-state index in [0.29, 0.717) is 33.7 Å². The fourth-order valence-electron chi connectivity index (χ4n) is 2.14. The predicted molar refractivity (Wildman–Crippen MR) is 98.2 cm³/mol. The van der Waals surface area contributed by atoms with Gasteiger partial charge in [0.2, 0.25) is 0 Å². The molecule has 6 heteroatoms. The molecule has 1 aromatic heterocycles. The van der Waals surface area contributed by atoms with Crippen LogP contribution in [0.25, 0.3) is 17.4 Å². The van der Waals surface area contributed by atoms with Gasteiger partial charge >= 0.3 is 5.97 Å². The summed E-state index contributed by atoms with van der Waals surface area (Å²) in [6.07, 6.45) is 4.13. The summed E-state index contributed by atoms with van der Waals surface area (Å²) in [5, 5.41) is 10.2. The van der Waals surface area contributed by atoms with Gasteiger partial charge in [0.1, 0.15) is 23.2 Å². The van der Waals surface area contributed by atoms with Gasteiger partial charge in [0.25, 0.3) is 0 Å². The number of halogens is 2. The van der Waals surface area contributed by atoms with Crippen LogP contribution in [0.1, 0.15) is 31.9 Å². The van der Waals surface area contributed by atoms with E-state index in [0.717, 1.165) is 19.3 Å². The lowest BCUT2D eigenvalue weighted by Crippen LogP contribution is -2.07. The van der Waals surface area contributed by atoms with Gasteiger partial charge < -0.3 is 9.15 Å². The van der Waals surface area contributed by atoms with E-state index in [9.17, 15) is 4.79 Å². The molecular weight excluding hydrogens is 361 g/mol. The van der Waals surface area contributed by atoms with Crippen LogP contribution in [0, 0.1) is 11.3 Å². The van der Waals surface area contributed by atoms with Crippen molar-refractivity contribution in [1.29, 1.82) is 5.26 Å². The van der Waals surface area contributed by atoms with Crippen molar-refractivity contribution in [3.05, 3.63) is 51.7 Å². The minimum Gasteiger partial charge on any atom is -0.462 e. The van der Waals surface area contributed by atoms with Crippen LogP contribution in [0.2, 0.25) is 10.0 Å². The number of carbonyl (C=O) groups excluding carboxylic acids is 1. The number of ether oxygens (including phenoxy) is 1. The zero-order valence-electron chi connectivity index (χ0n) is 13.7. The molecule has 0 saturated heterocycles. The van der Waals surface area contributed by atoms with E-state index in [1.54, 1.807) is 30.3 Å². The summed E-state index contributed by atoms with van der Waals surface area (Å²) in [6, 6.07) is 10.2. The largest absolute Gasteiger partial charge is 0.462 e. The van der Waals surface area contributed by atoms with E-state index in [1.165, 1.54) is 6.08 Å².